The molecule has 27 heavy (non-hydrogen) atoms. The summed E-state index contributed by atoms with van der Waals surface area (Å²) in [5.74, 6) is 2.39. The van der Waals surface area contributed by atoms with Gasteiger partial charge in [0.1, 0.15) is 12.6 Å². The quantitative estimate of drug-likeness (QED) is 0.168. The summed E-state index contributed by atoms with van der Waals surface area (Å²) in [7, 11) is 4.20. The molecule has 7 heteroatoms. The Bertz CT molecular complexity index is 501. The number of nitrogens with zero attached hydrogens (tertiary/aromatic N) is 1. The highest BCUT2D eigenvalue weighted by Crippen LogP contribution is 2.26. The zero-order chi connectivity index (χ0) is 20.3. The average Bonchev–Trinajstić information content (AvgIpc) is 2.58. The molecule has 0 aromatic carbocycles. The van der Waals surface area contributed by atoms with Crippen LogP contribution in [0.15, 0.2) is 0 Å². The number of hydrogen-bond acceptors (Lipinski definition) is 6. The van der Waals surface area contributed by atoms with Crippen LogP contribution in [0.25, 0.3) is 0 Å². The second-order valence-electron chi connectivity index (χ2n) is 7.59. The molecule has 1 saturated heterocycles. The van der Waals surface area contributed by atoms with Crippen molar-refractivity contribution in [2.24, 2.45) is 0 Å². The lowest BCUT2D eigenvalue weighted by molar-refractivity contribution is -0.883. The third-order valence-corrected chi connectivity index (χ3v) is 4.57. The van der Waals surface area contributed by atoms with Gasteiger partial charge in [0.05, 0.1) is 33.4 Å². The first-order chi connectivity index (χ1) is 12.8. The first-order valence-electron chi connectivity index (χ1n) is 9.64. The van der Waals surface area contributed by atoms with Crippen LogP contribution in [0.1, 0.15) is 46.0 Å². The SMILES string of the molecule is C#CC[N+](C)(C)CCCCOC1O[C@@H](C)C(OC=O)C[C@H]1OC(=O)CCC. The summed E-state index contributed by atoms with van der Waals surface area (Å²) in [6.07, 6.45) is 6.59. The van der Waals surface area contributed by atoms with Crippen LogP contribution in [-0.2, 0) is 28.5 Å². The van der Waals surface area contributed by atoms with Crippen molar-refractivity contribution < 1.29 is 33.0 Å². The Morgan fingerprint density at radius 2 is 2.07 bits per heavy atom. The minimum atomic E-state index is -0.652. The van der Waals surface area contributed by atoms with E-state index >= 15 is 0 Å². The Kier molecular flexibility index (Phi) is 10.4. The van der Waals surface area contributed by atoms with E-state index in [9.17, 15) is 9.59 Å². The lowest BCUT2D eigenvalue weighted by Gasteiger charge is -2.38. The Morgan fingerprint density at radius 3 is 2.70 bits per heavy atom. The number of carbonyl (C=O) groups is 2. The molecule has 154 valence electrons. The van der Waals surface area contributed by atoms with Gasteiger partial charge in [-0.15, -0.1) is 6.42 Å². The van der Waals surface area contributed by atoms with Crippen molar-refractivity contribution in [3.05, 3.63) is 0 Å². The van der Waals surface area contributed by atoms with Crippen LogP contribution in [0.2, 0.25) is 0 Å². The molecule has 1 aliphatic rings. The van der Waals surface area contributed by atoms with Crippen molar-refractivity contribution in [1.29, 1.82) is 0 Å². The standard InChI is InChI=1S/C20H34NO6/c1-6-10-19(23)27-18-14-17(25-15-22)16(3)26-20(18)24-13-9-8-12-21(4,5)11-7-2/h2,15-18,20H,6,8-14H2,1,3-5H3/q+1/t16-,17?,18+,20?/m0/s1. The molecule has 0 N–H and O–H groups in total. The molecular weight excluding hydrogens is 350 g/mol. The van der Waals surface area contributed by atoms with Crippen LogP contribution in [0.5, 0.6) is 0 Å². The molecule has 2 unspecified atom stereocenters. The number of esters is 1. The van der Waals surface area contributed by atoms with E-state index in [2.05, 4.69) is 20.0 Å². The van der Waals surface area contributed by atoms with Crippen molar-refractivity contribution in [3.8, 4) is 12.3 Å². The average molecular weight is 384 g/mol. The fraction of sp³-hybridized carbons (Fsp3) is 0.800. The largest absolute Gasteiger partial charge is 0.462 e. The normalized spacial score (nSPS) is 25.4. The van der Waals surface area contributed by atoms with Gasteiger partial charge in [0.25, 0.3) is 6.47 Å². The number of terminal acetylenes is 1. The molecule has 0 aliphatic carbocycles. The summed E-state index contributed by atoms with van der Waals surface area (Å²) in [5.41, 5.74) is 0. The predicted molar refractivity (Wildman–Crippen MR) is 101 cm³/mol. The van der Waals surface area contributed by atoms with Crippen LogP contribution < -0.4 is 0 Å². The summed E-state index contributed by atoms with van der Waals surface area (Å²) in [5, 5.41) is 0. The minimum Gasteiger partial charge on any atom is -0.462 e. The van der Waals surface area contributed by atoms with Gasteiger partial charge in [0.15, 0.2) is 12.4 Å². The zero-order valence-corrected chi connectivity index (χ0v) is 17.0. The second-order valence-corrected chi connectivity index (χ2v) is 7.59. The first-order valence-corrected chi connectivity index (χ1v) is 9.64. The number of carbonyl (C=O) groups excluding carboxylic acids is 2. The van der Waals surface area contributed by atoms with E-state index in [4.69, 9.17) is 25.4 Å². The molecular formula is C20H34NO6+. The molecule has 7 nitrogen and oxygen atoms in total. The van der Waals surface area contributed by atoms with Gasteiger partial charge in [-0.05, 0) is 32.1 Å². The highest BCUT2D eigenvalue weighted by molar-refractivity contribution is 5.69. The topological polar surface area (TPSA) is 71.1 Å². The third-order valence-electron chi connectivity index (χ3n) is 4.57. The van der Waals surface area contributed by atoms with Gasteiger partial charge in [-0.1, -0.05) is 6.92 Å². The van der Waals surface area contributed by atoms with Crippen molar-refractivity contribution >= 4 is 12.4 Å². The molecule has 1 rings (SSSR count). The van der Waals surface area contributed by atoms with Gasteiger partial charge in [-0.25, -0.2) is 0 Å². The summed E-state index contributed by atoms with van der Waals surface area (Å²) in [6.45, 7) is 6.26. The van der Waals surface area contributed by atoms with E-state index in [0.717, 1.165) is 23.9 Å². The number of rotatable bonds is 12. The lowest BCUT2D eigenvalue weighted by Crippen LogP contribution is -2.50. The van der Waals surface area contributed by atoms with E-state index in [1.165, 1.54) is 0 Å². The van der Waals surface area contributed by atoms with E-state index in [1.54, 1.807) is 0 Å². The van der Waals surface area contributed by atoms with E-state index in [1.807, 2.05) is 13.8 Å². The van der Waals surface area contributed by atoms with Crippen LogP contribution in [0.4, 0.5) is 0 Å². The van der Waals surface area contributed by atoms with Crippen molar-refractivity contribution in [2.45, 2.75) is 70.6 Å². The molecule has 1 heterocycles. The molecule has 0 aromatic heterocycles. The van der Waals surface area contributed by atoms with Crippen LogP contribution in [0, 0.1) is 12.3 Å². The fourth-order valence-corrected chi connectivity index (χ4v) is 3.01. The van der Waals surface area contributed by atoms with Gasteiger partial charge in [0, 0.05) is 12.8 Å². The number of unbranched alkanes of at least 4 members (excludes halogenated alkanes) is 1. The Balaban J connectivity index is 2.51. The van der Waals surface area contributed by atoms with Gasteiger partial charge < -0.3 is 23.4 Å². The predicted octanol–water partition coefficient (Wildman–Crippen LogP) is 1.88. The van der Waals surface area contributed by atoms with E-state index in [-0.39, 0.29) is 12.1 Å². The highest BCUT2D eigenvalue weighted by Gasteiger charge is 2.40. The second kappa shape index (κ2) is 12.0. The first kappa shape index (κ1) is 23.4. The minimum absolute atomic E-state index is 0.299. The summed E-state index contributed by atoms with van der Waals surface area (Å²) in [4.78, 5) is 22.6. The molecule has 0 saturated carbocycles. The number of ether oxygens (including phenoxy) is 4. The molecule has 1 aliphatic heterocycles. The Labute approximate surface area is 162 Å². The van der Waals surface area contributed by atoms with Crippen molar-refractivity contribution in [3.63, 3.8) is 0 Å². The number of quaternary nitrogens is 1. The smallest absolute Gasteiger partial charge is 0.306 e. The molecule has 0 radical (unpaired) electrons. The maximum atomic E-state index is 11.9. The van der Waals surface area contributed by atoms with Crippen molar-refractivity contribution in [2.75, 3.05) is 33.8 Å². The Morgan fingerprint density at radius 1 is 1.33 bits per heavy atom. The summed E-state index contributed by atoms with van der Waals surface area (Å²) < 4.78 is 23.0. The van der Waals surface area contributed by atoms with E-state index < -0.39 is 18.5 Å². The highest BCUT2D eigenvalue weighted by atomic mass is 16.7. The molecule has 0 aromatic rings. The molecule has 0 bridgehead atoms. The molecule has 0 amide bonds. The Hall–Kier alpha value is -1.62. The van der Waals surface area contributed by atoms with Gasteiger partial charge in [0.2, 0.25) is 0 Å². The summed E-state index contributed by atoms with van der Waals surface area (Å²) >= 11 is 0. The zero-order valence-electron chi connectivity index (χ0n) is 17.0. The van der Waals surface area contributed by atoms with E-state index in [0.29, 0.717) is 38.9 Å². The number of hydrogen-bond donors (Lipinski definition) is 0. The van der Waals surface area contributed by atoms with Crippen molar-refractivity contribution in [1.82, 2.24) is 0 Å². The monoisotopic (exact) mass is 384 g/mol. The van der Waals surface area contributed by atoms with Crippen LogP contribution in [-0.4, -0.2) is 75.3 Å². The summed E-state index contributed by atoms with van der Waals surface area (Å²) in [6, 6.07) is 0. The van der Waals surface area contributed by atoms with Gasteiger partial charge >= 0.3 is 5.97 Å². The maximum absolute atomic E-state index is 11.9. The van der Waals surface area contributed by atoms with Crippen LogP contribution >= 0.6 is 0 Å². The molecule has 0 spiro atoms. The molecule has 1 fully saturated rings. The van der Waals surface area contributed by atoms with Gasteiger partial charge in [-0.3, -0.25) is 9.59 Å². The van der Waals surface area contributed by atoms with Crippen LogP contribution in [0.3, 0.4) is 0 Å². The van der Waals surface area contributed by atoms with Gasteiger partial charge in [-0.2, -0.15) is 0 Å². The lowest BCUT2D eigenvalue weighted by atomic mass is 10.0. The third kappa shape index (κ3) is 8.74. The fourth-order valence-electron chi connectivity index (χ4n) is 3.01. The molecule has 4 atom stereocenters. The maximum Gasteiger partial charge on any atom is 0.306 e.